The molecule has 0 aliphatic heterocycles. The van der Waals surface area contributed by atoms with E-state index in [0.717, 1.165) is 11.1 Å². The highest BCUT2D eigenvalue weighted by Crippen LogP contribution is 2.24. The number of anilines is 1. The summed E-state index contributed by atoms with van der Waals surface area (Å²) in [6, 6.07) is 0. The maximum Gasteiger partial charge on any atom is 0.263 e. The summed E-state index contributed by atoms with van der Waals surface area (Å²) in [5.74, 6) is 0.628. The zero-order valence-corrected chi connectivity index (χ0v) is 9.48. The van der Waals surface area contributed by atoms with Crippen molar-refractivity contribution in [2.45, 2.75) is 26.3 Å². The van der Waals surface area contributed by atoms with E-state index in [1.807, 2.05) is 20.8 Å². The maximum atomic E-state index is 9.20. The Hall–Kier alpha value is -1.69. The van der Waals surface area contributed by atoms with E-state index in [4.69, 9.17) is 4.52 Å². The Balaban J connectivity index is 2.48. The Kier molecular flexibility index (Phi) is 2.51. The minimum Gasteiger partial charge on any atom is -0.394 e. The van der Waals surface area contributed by atoms with Crippen molar-refractivity contribution in [3.05, 3.63) is 12.0 Å². The second-order valence-corrected chi connectivity index (χ2v) is 4.34. The monoisotopic (exact) mass is 222 g/mol. The first kappa shape index (κ1) is 10.8. The molecule has 2 N–H and O–H groups in total. The standard InChI is InChI=1S/C10H14N4O2/c1-6-7-8(13-10(2,3)4-15)11-5-12-9(7)16-14-6/h5,15H,4H2,1-3H3,(H,11,12,13). The van der Waals surface area contributed by atoms with Crippen LogP contribution in [0.4, 0.5) is 5.82 Å². The van der Waals surface area contributed by atoms with Crippen LogP contribution >= 0.6 is 0 Å². The highest BCUT2D eigenvalue weighted by molar-refractivity contribution is 5.87. The molecule has 0 saturated carbocycles. The topological polar surface area (TPSA) is 84.1 Å². The molecule has 0 aliphatic rings. The van der Waals surface area contributed by atoms with Gasteiger partial charge in [0.2, 0.25) is 0 Å². The molecule has 0 bridgehead atoms. The summed E-state index contributed by atoms with van der Waals surface area (Å²) in [7, 11) is 0. The molecular formula is C10H14N4O2. The third kappa shape index (κ3) is 1.83. The van der Waals surface area contributed by atoms with Gasteiger partial charge in [0.15, 0.2) is 0 Å². The predicted octanol–water partition coefficient (Wildman–Crippen LogP) is 1.11. The maximum absolute atomic E-state index is 9.20. The summed E-state index contributed by atoms with van der Waals surface area (Å²) >= 11 is 0. The molecule has 0 unspecified atom stereocenters. The van der Waals surface area contributed by atoms with Gasteiger partial charge in [0.1, 0.15) is 17.5 Å². The van der Waals surface area contributed by atoms with E-state index in [2.05, 4.69) is 20.4 Å². The van der Waals surface area contributed by atoms with Crippen LogP contribution in [0.5, 0.6) is 0 Å². The Morgan fingerprint density at radius 1 is 1.44 bits per heavy atom. The molecule has 6 nitrogen and oxygen atoms in total. The lowest BCUT2D eigenvalue weighted by molar-refractivity contribution is 0.234. The SMILES string of the molecule is Cc1noc2ncnc(NC(C)(C)CO)c12. The average molecular weight is 222 g/mol. The molecule has 0 saturated heterocycles. The van der Waals surface area contributed by atoms with Gasteiger partial charge in [0.25, 0.3) is 5.71 Å². The molecule has 0 spiro atoms. The van der Waals surface area contributed by atoms with Gasteiger partial charge in [0.05, 0.1) is 17.8 Å². The molecule has 0 fully saturated rings. The lowest BCUT2D eigenvalue weighted by atomic mass is 10.1. The van der Waals surface area contributed by atoms with E-state index < -0.39 is 5.54 Å². The van der Waals surface area contributed by atoms with Gasteiger partial charge in [-0.25, -0.2) is 4.98 Å². The molecule has 0 amide bonds. The molecule has 2 heterocycles. The number of hydrogen-bond donors (Lipinski definition) is 2. The molecule has 0 aliphatic carbocycles. The smallest absolute Gasteiger partial charge is 0.263 e. The zero-order valence-electron chi connectivity index (χ0n) is 9.48. The molecule has 0 aromatic carbocycles. The van der Waals surface area contributed by atoms with Crippen molar-refractivity contribution in [2.24, 2.45) is 0 Å². The first-order valence-corrected chi connectivity index (χ1v) is 4.99. The third-order valence-electron chi connectivity index (χ3n) is 2.30. The fourth-order valence-electron chi connectivity index (χ4n) is 1.38. The molecule has 6 heteroatoms. The number of hydrogen-bond acceptors (Lipinski definition) is 6. The van der Waals surface area contributed by atoms with Crippen LogP contribution in [0.1, 0.15) is 19.5 Å². The van der Waals surface area contributed by atoms with Crippen molar-refractivity contribution in [3.63, 3.8) is 0 Å². The van der Waals surface area contributed by atoms with Crippen LogP contribution in [0.2, 0.25) is 0 Å². The second-order valence-electron chi connectivity index (χ2n) is 4.34. The van der Waals surface area contributed by atoms with E-state index >= 15 is 0 Å². The van der Waals surface area contributed by atoms with Crippen molar-refractivity contribution in [3.8, 4) is 0 Å². The Labute approximate surface area is 92.7 Å². The number of aliphatic hydroxyl groups is 1. The molecule has 2 rings (SSSR count). The molecule has 16 heavy (non-hydrogen) atoms. The van der Waals surface area contributed by atoms with Crippen molar-refractivity contribution in [1.29, 1.82) is 0 Å². The van der Waals surface area contributed by atoms with Crippen LogP contribution < -0.4 is 5.32 Å². The van der Waals surface area contributed by atoms with Crippen molar-refractivity contribution < 1.29 is 9.63 Å². The lowest BCUT2D eigenvalue weighted by Crippen LogP contribution is -2.35. The van der Waals surface area contributed by atoms with Gasteiger partial charge in [-0.3, -0.25) is 0 Å². The number of fused-ring (bicyclic) bond motifs is 1. The van der Waals surface area contributed by atoms with Crippen LogP contribution in [-0.2, 0) is 0 Å². The largest absolute Gasteiger partial charge is 0.394 e. The van der Waals surface area contributed by atoms with Gasteiger partial charge in [-0.15, -0.1) is 0 Å². The van der Waals surface area contributed by atoms with Gasteiger partial charge in [-0.05, 0) is 20.8 Å². The Morgan fingerprint density at radius 3 is 2.88 bits per heavy atom. The molecule has 0 atom stereocenters. The average Bonchev–Trinajstić information content (AvgIpc) is 2.61. The van der Waals surface area contributed by atoms with Gasteiger partial charge in [-0.2, -0.15) is 4.98 Å². The van der Waals surface area contributed by atoms with Gasteiger partial charge in [-0.1, -0.05) is 5.16 Å². The summed E-state index contributed by atoms with van der Waals surface area (Å²) in [6.45, 7) is 5.59. The quantitative estimate of drug-likeness (QED) is 0.809. The molecule has 2 aromatic rings. The third-order valence-corrected chi connectivity index (χ3v) is 2.30. The van der Waals surface area contributed by atoms with Crippen molar-refractivity contribution >= 4 is 16.9 Å². The first-order valence-electron chi connectivity index (χ1n) is 4.99. The predicted molar refractivity (Wildman–Crippen MR) is 59.1 cm³/mol. The van der Waals surface area contributed by atoms with E-state index in [1.165, 1.54) is 6.33 Å². The summed E-state index contributed by atoms with van der Waals surface area (Å²) in [4.78, 5) is 8.12. The van der Waals surface area contributed by atoms with E-state index in [0.29, 0.717) is 11.5 Å². The van der Waals surface area contributed by atoms with Crippen LogP contribution in [0.3, 0.4) is 0 Å². The normalized spacial score (nSPS) is 12.0. The van der Waals surface area contributed by atoms with E-state index in [-0.39, 0.29) is 6.61 Å². The Bertz CT molecular complexity index is 506. The van der Waals surface area contributed by atoms with Crippen LogP contribution in [-0.4, -0.2) is 32.4 Å². The van der Waals surface area contributed by atoms with Gasteiger partial charge in [0, 0.05) is 0 Å². The molecule has 2 aromatic heterocycles. The first-order chi connectivity index (χ1) is 7.53. The number of nitrogens with zero attached hydrogens (tertiary/aromatic N) is 3. The Morgan fingerprint density at radius 2 is 2.19 bits per heavy atom. The zero-order chi connectivity index (χ0) is 11.8. The number of rotatable bonds is 3. The van der Waals surface area contributed by atoms with E-state index in [9.17, 15) is 5.11 Å². The lowest BCUT2D eigenvalue weighted by Gasteiger charge is -2.24. The van der Waals surface area contributed by atoms with Crippen LogP contribution in [0, 0.1) is 6.92 Å². The molecule has 0 radical (unpaired) electrons. The molecular weight excluding hydrogens is 208 g/mol. The highest BCUT2D eigenvalue weighted by atomic mass is 16.5. The minimum absolute atomic E-state index is 0.00280. The summed E-state index contributed by atoms with van der Waals surface area (Å²) < 4.78 is 5.03. The van der Waals surface area contributed by atoms with Gasteiger partial charge >= 0.3 is 0 Å². The fraction of sp³-hybridized carbons (Fsp3) is 0.500. The van der Waals surface area contributed by atoms with Crippen LogP contribution in [0.15, 0.2) is 10.9 Å². The van der Waals surface area contributed by atoms with Crippen molar-refractivity contribution in [1.82, 2.24) is 15.1 Å². The minimum atomic E-state index is -0.453. The second kappa shape index (κ2) is 3.71. The summed E-state index contributed by atoms with van der Waals surface area (Å²) in [5.41, 5.74) is 0.723. The fourth-order valence-corrected chi connectivity index (χ4v) is 1.38. The molecule has 86 valence electrons. The number of aliphatic hydroxyl groups excluding tert-OH is 1. The van der Waals surface area contributed by atoms with Gasteiger partial charge < -0.3 is 14.9 Å². The van der Waals surface area contributed by atoms with Crippen LogP contribution in [0.25, 0.3) is 11.1 Å². The van der Waals surface area contributed by atoms with E-state index in [1.54, 1.807) is 0 Å². The number of nitrogens with one attached hydrogen (secondary N) is 1. The number of aromatic nitrogens is 3. The van der Waals surface area contributed by atoms with Crippen molar-refractivity contribution in [2.75, 3.05) is 11.9 Å². The summed E-state index contributed by atoms with van der Waals surface area (Å²) in [5, 5.41) is 16.9. The summed E-state index contributed by atoms with van der Waals surface area (Å²) in [6.07, 6.45) is 1.41. The highest BCUT2D eigenvalue weighted by Gasteiger charge is 2.20. The number of aryl methyl sites for hydroxylation is 1.